The Morgan fingerprint density at radius 2 is 1.82 bits per heavy atom. The van der Waals surface area contributed by atoms with Gasteiger partial charge in [0, 0.05) is 74.7 Å². The molecular formula is C33H39N5O6. The molecule has 11 nitrogen and oxygen atoms in total. The third-order valence-corrected chi connectivity index (χ3v) is 7.29. The van der Waals surface area contributed by atoms with Gasteiger partial charge in [0.1, 0.15) is 18.2 Å². The first kappa shape index (κ1) is 31.0. The van der Waals surface area contributed by atoms with Crippen LogP contribution in [0.25, 0.3) is 10.9 Å². The molecule has 2 aromatic heterocycles. The van der Waals surface area contributed by atoms with Crippen LogP contribution in [0, 0.1) is 0 Å². The number of pyridine rings is 1. The third kappa shape index (κ3) is 7.54. The largest absolute Gasteiger partial charge is 0.487 e. The number of aliphatic hydroxyl groups is 1. The summed E-state index contributed by atoms with van der Waals surface area (Å²) in [6, 6.07) is 16.0. The number of hydrogen-bond acceptors (Lipinski definition) is 8. The van der Waals surface area contributed by atoms with E-state index < -0.39 is 5.60 Å². The van der Waals surface area contributed by atoms with Crippen molar-refractivity contribution in [1.29, 1.82) is 0 Å². The van der Waals surface area contributed by atoms with Gasteiger partial charge in [0.25, 0.3) is 5.91 Å². The highest BCUT2D eigenvalue weighted by Crippen LogP contribution is 2.37. The first-order valence-electron chi connectivity index (χ1n) is 14.7. The van der Waals surface area contributed by atoms with Gasteiger partial charge in [-0.3, -0.25) is 14.3 Å². The molecule has 2 aromatic carbocycles. The number of nitrogens with zero attached hydrogens (tertiary/aromatic N) is 3. The minimum atomic E-state index is -0.711. The van der Waals surface area contributed by atoms with Crippen LogP contribution in [0.15, 0.2) is 67.0 Å². The predicted molar refractivity (Wildman–Crippen MR) is 168 cm³/mol. The van der Waals surface area contributed by atoms with Crippen molar-refractivity contribution in [2.75, 3.05) is 51.8 Å². The molecule has 4 aromatic rings. The van der Waals surface area contributed by atoms with Crippen LogP contribution >= 0.6 is 0 Å². The van der Waals surface area contributed by atoms with Crippen molar-refractivity contribution in [3.63, 3.8) is 0 Å². The van der Waals surface area contributed by atoms with E-state index in [1.54, 1.807) is 43.7 Å². The molecule has 11 heteroatoms. The molecule has 1 saturated heterocycles. The number of carbonyl (C=O) groups excluding carboxylic acids is 2. The van der Waals surface area contributed by atoms with E-state index in [1.807, 2.05) is 51.1 Å². The minimum Gasteiger partial charge on any atom is -0.487 e. The Morgan fingerprint density at radius 3 is 2.52 bits per heavy atom. The number of anilines is 1. The summed E-state index contributed by atoms with van der Waals surface area (Å²) in [4.78, 5) is 31.9. The van der Waals surface area contributed by atoms with Gasteiger partial charge in [-0.2, -0.15) is 0 Å². The summed E-state index contributed by atoms with van der Waals surface area (Å²) >= 11 is 0. The van der Waals surface area contributed by atoms with Crippen molar-refractivity contribution in [1.82, 2.24) is 19.8 Å². The Balaban J connectivity index is 1.26. The van der Waals surface area contributed by atoms with Crippen molar-refractivity contribution in [3.8, 4) is 17.2 Å². The van der Waals surface area contributed by atoms with Crippen LogP contribution in [0.5, 0.6) is 17.2 Å². The van der Waals surface area contributed by atoms with Gasteiger partial charge in [-0.1, -0.05) is 12.1 Å². The zero-order valence-electron chi connectivity index (χ0n) is 25.5. The van der Waals surface area contributed by atoms with E-state index in [4.69, 9.17) is 14.2 Å². The maximum atomic E-state index is 13.0. The molecule has 0 bridgehead atoms. The fourth-order valence-corrected chi connectivity index (χ4v) is 5.21. The van der Waals surface area contributed by atoms with E-state index >= 15 is 0 Å². The summed E-state index contributed by atoms with van der Waals surface area (Å²) in [6.07, 6.45) is 3.24. The van der Waals surface area contributed by atoms with Crippen molar-refractivity contribution >= 4 is 28.7 Å². The number of hydrogen-bond donors (Lipinski definition) is 3. The van der Waals surface area contributed by atoms with Crippen molar-refractivity contribution < 1.29 is 28.9 Å². The highest BCUT2D eigenvalue weighted by Gasteiger charge is 2.31. The highest BCUT2D eigenvalue weighted by atomic mass is 16.5. The Morgan fingerprint density at radius 1 is 1.05 bits per heavy atom. The summed E-state index contributed by atoms with van der Waals surface area (Å²) in [7, 11) is 1.57. The van der Waals surface area contributed by atoms with Crippen LogP contribution in [0.4, 0.5) is 10.6 Å². The van der Waals surface area contributed by atoms with E-state index in [2.05, 4.69) is 20.5 Å². The van der Waals surface area contributed by atoms with Crippen LogP contribution < -0.4 is 20.1 Å². The molecule has 1 fully saturated rings. The van der Waals surface area contributed by atoms with Crippen LogP contribution in [0.3, 0.4) is 0 Å². The molecule has 0 saturated carbocycles. The number of β-amino-alcohol motifs (C(OH)–C–C–N with tert-alkyl or cyclic N) is 1. The summed E-state index contributed by atoms with van der Waals surface area (Å²) < 4.78 is 19.1. The van der Waals surface area contributed by atoms with E-state index in [-0.39, 0.29) is 11.9 Å². The van der Waals surface area contributed by atoms with Gasteiger partial charge in [0.2, 0.25) is 0 Å². The second-order valence-electron chi connectivity index (χ2n) is 11.4. The number of likely N-dealkylation sites (tertiary alicyclic amines) is 1. The normalized spacial score (nSPS) is 13.8. The smallest absolute Gasteiger partial charge is 0.325 e. The topological polar surface area (TPSA) is 127 Å². The lowest BCUT2D eigenvalue weighted by atomic mass is 9.89. The molecule has 0 spiro atoms. The first-order chi connectivity index (χ1) is 21.1. The molecule has 232 valence electrons. The third-order valence-electron chi connectivity index (χ3n) is 7.29. The number of fused-ring (bicyclic) bond motifs is 1. The second-order valence-corrected chi connectivity index (χ2v) is 11.4. The number of carbonyl (C=O) groups is 2. The van der Waals surface area contributed by atoms with E-state index in [1.165, 1.54) is 10.1 Å². The van der Waals surface area contributed by atoms with Gasteiger partial charge < -0.3 is 30.0 Å². The van der Waals surface area contributed by atoms with Gasteiger partial charge in [-0.05, 0) is 56.7 Å². The summed E-state index contributed by atoms with van der Waals surface area (Å²) in [5.41, 5.74) is 1.65. The average molecular weight is 602 g/mol. The lowest BCUT2D eigenvalue weighted by Crippen LogP contribution is -2.50. The maximum Gasteiger partial charge on any atom is 0.325 e. The maximum absolute atomic E-state index is 13.0. The monoisotopic (exact) mass is 601 g/mol. The van der Waals surface area contributed by atoms with Gasteiger partial charge >= 0.3 is 6.03 Å². The molecule has 1 aliphatic rings. The fraction of sp³-hybridized carbons (Fsp3) is 0.364. The van der Waals surface area contributed by atoms with Crippen LogP contribution in [-0.4, -0.2) is 83.6 Å². The molecule has 0 unspecified atom stereocenters. The van der Waals surface area contributed by atoms with E-state index in [0.29, 0.717) is 66.4 Å². The van der Waals surface area contributed by atoms with Crippen LogP contribution in [-0.2, 0) is 4.74 Å². The van der Waals surface area contributed by atoms with Gasteiger partial charge in [0.05, 0.1) is 17.7 Å². The SMILES string of the molecule is CCOCCOc1cc2c(ccn2C(=O)NC)cc1Oc1ccnc(NC(=O)c2ccc(C3CN(CC(C)(C)O)C3)cc2)c1. The molecule has 0 aliphatic carbocycles. The van der Waals surface area contributed by atoms with Crippen LogP contribution in [0.2, 0.25) is 0 Å². The quantitative estimate of drug-likeness (QED) is 0.197. The van der Waals surface area contributed by atoms with Crippen molar-refractivity contribution in [2.24, 2.45) is 0 Å². The zero-order chi connectivity index (χ0) is 31.3. The van der Waals surface area contributed by atoms with Crippen LogP contribution in [0.1, 0.15) is 42.6 Å². The number of nitrogens with one attached hydrogen (secondary N) is 2. The number of benzene rings is 2. The number of aromatic nitrogens is 2. The van der Waals surface area contributed by atoms with Crippen molar-refractivity contribution in [3.05, 3.63) is 78.1 Å². The van der Waals surface area contributed by atoms with Gasteiger partial charge in [-0.25, -0.2) is 9.78 Å². The first-order valence-corrected chi connectivity index (χ1v) is 14.7. The number of rotatable bonds is 12. The number of ether oxygens (including phenoxy) is 3. The Kier molecular flexibility index (Phi) is 9.48. The zero-order valence-corrected chi connectivity index (χ0v) is 25.5. The fourth-order valence-electron chi connectivity index (χ4n) is 5.21. The second kappa shape index (κ2) is 13.5. The Hall–Kier alpha value is -4.45. The Labute approximate surface area is 256 Å². The summed E-state index contributed by atoms with van der Waals surface area (Å²) in [5.74, 6) is 1.78. The van der Waals surface area contributed by atoms with E-state index in [9.17, 15) is 14.7 Å². The molecule has 5 rings (SSSR count). The van der Waals surface area contributed by atoms with Gasteiger partial charge in [0.15, 0.2) is 11.5 Å². The molecule has 3 heterocycles. The molecule has 44 heavy (non-hydrogen) atoms. The lowest BCUT2D eigenvalue weighted by Gasteiger charge is -2.42. The standard InChI is InChI=1S/C33H39N5O6/c1-5-42-14-15-43-28-18-27-24(11-13-38(27)32(40)34-4)16-29(28)44-26-10-12-35-30(17-26)36-31(39)23-8-6-22(7-9-23)25-19-37(20-25)21-33(2,3)41/h6-13,16-18,25,41H,5,14-15,19-21H2,1-4H3,(H,34,40)(H,35,36,39). The molecule has 1 aliphatic heterocycles. The molecule has 2 amide bonds. The molecular weight excluding hydrogens is 562 g/mol. The molecule has 0 radical (unpaired) electrons. The van der Waals surface area contributed by atoms with E-state index in [0.717, 1.165) is 18.5 Å². The minimum absolute atomic E-state index is 0.269. The predicted octanol–water partition coefficient (Wildman–Crippen LogP) is 4.85. The number of amides is 2. The average Bonchev–Trinajstić information content (AvgIpc) is 3.39. The molecule has 3 N–H and O–H groups in total. The summed E-state index contributed by atoms with van der Waals surface area (Å²) in [6.45, 7) is 9.23. The highest BCUT2D eigenvalue weighted by molar-refractivity contribution is 6.03. The molecule has 0 atom stereocenters. The lowest BCUT2D eigenvalue weighted by molar-refractivity contribution is 0.00735. The van der Waals surface area contributed by atoms with Gasteiger partial charge in [-0.15, -0.1) is 0 Å². The van der Waals surface area contributed by atoms with Crippen molar-refractivity contribution in [2.45, 2.75) is 32.3 Å². The summed E-state index contributed by atoms with van der Waals surface area (Å²) in [5, 5.41) is 16.3. The Bertz CT molecular complexity index is 1610.